The van der Waals surface area contributed by atoms with Gasteiger partial charge < -0.3 is 10.4 Å². The lowest BCUT2D eigenvalue weighted by atomic mass is 9.49. The van der Waals surface area contributed by atoms with Gasteiger partial charge in [-0.05, 0) is 105 Å². The highest BCUT2D eigenvalue weighted by atomic mass is 19.3. The number of carbonyl (C=O) groups excluding carboxylic acids is 1. The van der Waals surface area contributed by atoms with E-state index in [1.807, 2.05) is 12.3 Å². The van der Waals surface area contributed by atoms with Crippen molar-refractivity contribution in [3.05, 3.63) is 12.3 Å². The van der Waals surface area contributed by atoms with E-state index in [2.05, 4.69) is 19.2 Å². The van der Waals surface area contributed by atoms with Gasteiger partial charge in [0.25, 0.3) is 6.43 Å². The fraction of sp³-hybridized carbons (Fsp3) is 0.880. The Morgan fingerprint density at radius 3 is 2.60 bits per heavy atom. The van der Waals surface area contributed by atoms with Gasteiger partial charge in [0, 0.05) is 5.92 Å². The number of alkyl halides is 2. The molecule has 3 nitrogen and oxygen atoms in total. The predicted molar refractivity (Wildman–Crippen MR) is 114 cm³/mol. The Morgan fingerprint density at radius 1 is 1.10 bits per heavy atom. The maximum atomic E-state index is 13.4. The van der Waals surface area contributed by atoms with Gasteiger partial charge in [-0.2, -0.15) is 0 Å². The largest absolute Gasteiger partial charge is 0.384 e. The molecule has 0 aromatic rings. The smallest absolute Gasteiger partial charge is 0.266 e. The Labute approximate surface area is 180 Å². The molecule has 5 heteroatoms. The van der Waals surface area contributed by atoms with E-state index >= 15 is 0 Å². The lowest BCUT2D eigenvalue weighted by Gasteiger charge is -2.57. The van der Waals surface area contributed by atoms with E-state index in [1.165, 1.54) is 0 Å². The highest BCUT2D eigenvalue weighted by molar-refractivity contribution is 5.84. The fourth-order valence-corrected chi connectivity index (χ4v) is 8.12. The maximum Gasteiger partial charge on any atom is 0.266 e. The van der Waals surface area contributed by atoms with Crippen LogP contribution in [0.3, 0.4) is 0 Å². The molecular formula is C25H39F2NO2. The van der Waals surface area contributed by atoms with Gasteiger partial charge in [-0.3, -0.25) is 4.79 Å². The van der Waals surface area contributed by atoms with Crippen molar-refractivity contribution in [3.63, 3.8) is 0 Å². The monoisotopic (exact) mass is 423 g/mol. The second-order valence-electron chi connectivity index (χ2n) is 10.9. The van der Waals surface area contributed by atoms with Gasteiger partial charge in [-0.25, -0.2) is 8.78 Å². The Kier molecular flexibility index (Phi) is 6.31. The summed E-state index contributed by atoms with van der Waals surface area (Å²) in [7, 11) is 0. The van der Waals surface area contributed by atoms with Gasteiger partial charge in [0.15, 0.2) is 5.78 Å². The first kappa shape index (κ1) is 22.2. The molecule has 2 N–H and O–H groups in total. The summed E-state index contributed by atoms with van der Waals surface area (Å²) in [6, 6.07) is 0. The fourth-order valence-electron chi connectivity index (χ4n) is 8.12. The van der Waals surface area contributed by atoms with Crippen molar-refractivity contribution in [1.82, 2.24) is 5.32 Å². The van der Waals surface area contributed by atoms with Gasteiger partial charge in [0.05, 0.1) is 6.54 Å². The van der Waals surface area contributed by atoms with Crippen molar-refractivity contribution < 1.29 is 18.7 Å². The first-order chi connectivity index (χ1) is 14.3. The van der Waals surface area contributed by atoms with Crippen LogP contribution in [0.4, 0.5) is 8.78 Å². The summed E-state index contributed by atoms with van der Waals surface area (Å²) in [5.41, 5.74) is -1.67. The molecule has 4 aliphatic carbocycles. The number of carbonyl (C=O) groups is 1. The average molecular weight is 424 g/mol. The number of fused-ring (bicyclic) bond motifs is 5. The van der Waals surface area contributed by atoms with Crippen LogP contribution in [0.1, 0.15) is 78.1 Å². The van der Waals surface area contributed by atoms with E-state index in [0.717, 1.165) is 51.4 Å². The first-order valence-corrected chi connectivity index (χ1v) is 12.2. The molecule has 8 atom stereocenters. The molecule has 4 aliphatic rings. The minimum absolute atomic E-state index is 0.0968. The summed E-state index contributed by atoms with van der Waals surface area (Å²) in [4.78, 5) is 13.0. The van der Waals surface area contributed by atoms with Crippen LogP contribution >= 0.6 is 0 Å². The number of allylic oxidation sites excluding steroid dienone is 1. The van der Waals surface area contributed by atoms with E-state index in [4.69, 9.17) is 0 Å². The molecule has 0 heterocycles. The molecule has 170 valence electrons. The number of hydrogen-bond donors (Lipinski definition) is 2. The van der Waals surface area contributed by atoms with E-state index in [0.29, 0.717) is 36.0 Å². The van der Waals surface area contributed by atoms with Crippen molar-refractivity contribution in [3.8, 4) is 0 Å². The lowest BCUT2D eigenvalue weighted by Crippen LogP contribution is -2.53. The summed E-state index contributed by atoms with van der Waals surface area (Å²) >= 11 is 0. The Bertz CT molecular complexity index is 668. The molecule has 0 aromatic heterocycles. The van der Waals surface area contributed by atoms with Crippen LogP contribution < -0.4 is 5.32 Å². The number of halogens is 2. The molecule has 30 heavy (non-hydrogen) atoms. The van der Waals surface area contributed by atoms with Crippen molar-refractivity contribution in [2.24, 2.45) is 40.9 Å². The van der Waals surface area contributed by atoms with Crippen LogP contribution in [0.2, 0.25) is 0 Å². The molecule has 0 amide bonds. The van der Waals surface area contributed by atoms with Crippen molar-refractivity contribution in [2.45, 2.75) is 90.1 Å². The minimum Gasteiger partial charge on any atom is -0.384 e. The Hall–Kier alpha value is -0.970. The van der Waals surface area contributed by atoms with Crippen LogP contribution in [0.25, 0.3) is 0 Å². The quantitative estimate of drug-likeness (QED) is 0.607. The van der Waals surface area contributed by atoms with Crippen LogP contribution in [-0.4, -0.2) is 29.5 Å². The highest BCUT2D eigenvalue weighted by Gasteiger charge is 2.59. The topological polar surface area (TPSA) is 49.3 Å². The standard InChI is InChI=1S/C25H39F2NO2/c1-3-4-13-28-15-22(29)21-8-7-20-19-6-5-16-14-25(30,23(26)27)12-10-17(16)18(19)9-11-24(20,21)2/h4,13,16-21,23,28,30H,3,5-12,14-15H2,1-2H3/b13-4-/t16?,17-,18+,19?,20-,21+,24-,25+/m0/s1. The van der Waals surface area contributed by atoms with Crippen molar-refractivity contribution >= 4 is 5.78 Å². The van der Waals surface area contributed by atoms with Crippen molar-refractivity contribution in [2.75, 3.05) is 6.54 Å². The summed E-state index contributed by atoms with van der Waals surface area (Å²) in [5.74, 6) is 3.07. The Morgan fingerprint density at radius 2 is 1.87 bits per heavy atom. The molecule has 0 aromatic carbocycles. The molecule has 2 unspecified atom stereocenters. The van der Waals surface area contributed by atoms with Gasteiger partial charge in [-0.15, -0.1) is 0 Å². The molecule has 0 aliphatic heterocycles. The van der Waals surface area contributed by atoms with E-state index in [1.54, 1.807) is 0 Å². The van der Waals surface area contributed by atoms with Crippen LogP contribution in [-0.2, 0) is 4.79 Å². The summed E-state index contributed by atoms with van der Waals surface area (Å²) in [5, 5.41) is 13.5. The van der Waals surface area contributed by atoms with E-state index in [9.17, 15) is 18.7 Å². The number of Topliss-reactive ketones (excluding diaryl/α,β-unsaturated/α-hetero) is 1. The molecule has 0 spiro atoms. The predicted octanol–water partition coefficient (Wildman–Crippen LogP) is 5.33. The third-order valence-electron chi connectivity index (χ3n) is 9.59. The summed E-state index contributed by atoms with van der Waals surface area (Å²) in [6.45, 7) is 4.86. The second kappa shape index (κ2) is 8.52. The molecule has 0 bridgehead atoms. The number of hydrogen-bond acceptors (Lipinski definition) is 3. The van der Waals surface area contributed by atoms with Gasteiger partial charge in [-0.1, -0.05) is 19.9 Å². The van der Waals surface area contributed by atoms with Crippen molar-refractivity contribution in [1.29, 1.82) is 0 Å². The zero-order valence-corrected chi connectivity index (χ0v) is 18.6. The minimum atomic E-state index is -2.63. The summed E-state index contributed by atoms with van der Waals surface area (Å²) in [6.07, 6.45) is 9.93. The van der Waals surface area contributed by atoms with Crippen LogP contribution in [0.15, 0.2) is 12.3 Å². The zero-order chi connectivity index (χ0) is 21.5. The molecule has 0 radical (unpaired) electrons. The lowest BCUT2D eigenvalue weighted by molar-refractivity contribution is -0.160. The number of nitrogens with one attached hydrogen (secondary N) is 1. The zero-order valence-electron chi connectivity index (χ0n) is 18.6. The molecule has 0 saturated heterocycles. The Balaban J connectivity index is 1.43. The van der Waals surface area contributed by atoms with Gasteiger partial charge >= 0.3 is 0 Å². The van der Waals surface area contributed by atoms with Gasteiger partial charge in [0.1, 0.15) is 5.60 Å². The molecule has 4 rings (SSSR count). The van der Waals surface area contributed by atoms with E-state index < -0.39 is 12.0 Å². The molecule has 4 saturated carbocycles. The number of rotatable bonds is 6. The van der Waals surface area contributed by atoms with Crippen LogP contribution in [0.5, 0.6) is 0 Å². The number of ketones is 1. The molecule has 4 fully saturated rings. The van der Waals surface area contributed by atoms with E-state index in [-0.39, 0.29) is 30.1 Å². The maximum absolute atomic E-state index is 13.4. The SMILES string of the molecule is CC/C=C\NCC(=O)[C@H]1CC[C@H]2C3CCC4C[C@@](O)(C(F)F)CC[C@@H]4[C@H]3CC[C@]12C. The normalized spacial score (nSPS) is 45.8. The highest BCUT2D eigenvalue weighted by Crippen LogP contribution is 2.64. The first-order valence-electron chi connectivity index (χ1n) is 12.2. The third-order valence-corrected chi connectivity index (χ3v) is 9.59. The third kappa shape index (κ3) is 3.73. The van der Waals surface area contributed by atoms with Crippen LogP contribution in [0, 0.1) is 40.9 Å². The molecular weight excluding hydrogens is 384 g/mol. The second-order valence-corrected chi connectivity index (χ2v) is 10.9. The number of aliphatic hydroxyl groups is 1. The summed E-state index contributed by atoms with van der Waals surface area (Å²) < 4.78 is 26.8. The van der Waals surface area contributed by atoms with Gasteiger partial charge in [0.2, 0.25) is 0 Å². The average Bonchev–Trinajstić information content (AvgIpc) is 3.08.